The van der Waals surface area contributed by atoms with Gasteiger partial charge >= 0.3 is 0 Å². The predicted octanol–water partition coefficient (Wildman–Crippen LogP) is 4.51. The van der Waals surface area contributed by atoms with E-state index in [0.717, 1.165) is 28.1 Å². The van der Waals surface area contributed by atoms with Gasteiger partial charge in [-0.25, -0.2) is 0 Å². The molecule has 0 bridgehead atoms. The van der Waals surface area contributed by atoms with Gasteiger partial charge in [-0.2, -0.15) is 0 Å². The van der Waals surface area contributed by atoms with Crippen LogP contribution in [0.1, 0.15) is 5.56 Å². The first kappa shape index (κ1) is 13.3. The Hall–Kier alpha value is -2.74. The van der Waals surface area contributed by atoms with Gasteiger partial charge in [-0.3, -0.25) is 0 Å². The van der Waals surface area contributed by atoms with Crippen molar-refractivity contribution >= 4 is 5.69 Å². The van der Waals surface area contributed by atoms with Crippen LogP contribution in [0.4, 0.5) is 5.69 Å². The highest BCUT2D eigenvalue weighted by Gasteiger charge is 2.05. The summed E-state index contributed by atoms with van der Waals surface area (Å²) in [6.45, 7) is 0.562. The van der Waals surface area contributed by atoms with E-state index in [1.165, 1.54) is 0 Å². The Labute approximate surface area is 124 Å². The van der Waals surface area contributed by atoms with E-state index in [9.17, 15) is 0 Å². The van der Waals surface area contributed by atoms with Crippen LogP contribution in [-0.4, -0.2) is 0 Å². The summed E-state index contributed by atoms with van der Waals surface area (Å²) in [6.07, 6.45) is 0. The molecule has 21 heavy (non-hydrogen) atoms. The standard InChI is InChI=1S/C19H17NO/c20-17-12-10-16(11-13-17)18-8-4-5-9-19(18)21-14-15-6-2-1-3-7-15/h1-13H,14,20H2. The molecule has 0 radical (unpaired) electrons. The van der Waals surface area contributed by atoms with Gasteiger partial charge in [0.05, 0.1) is 0 Å². The molecule has 3 aromatic carbocycles. The Balaban J connectivity index is 1.84. The molecular weight excluding hydrogens is 258 g/mol. The molecule has 0 fully saturated rings. The number of hydrogen-bond acceptors (Lipinski definition) is 2. The van der Waals surface area contributed by atoms with E-state index in [-0.39, 0.29) is 0 Å². The minimum Gasteiger partial charge on any atom is -0.488 e. The highest BCUT2D eigenvalue weighted by Crippen LogP contribution is 2.30. The fraction of sp³-hybridized carbons (Fsp3) is 0.0526. The van der Waals surface area contributed by atoms with Gasteiger partial charge in [-0.1, -0.05) is 60.7 Å². The zero-order valence-electron chi connectivity index (χ0n) is 11.7. The van der Waals surface area contributed by atoms with Gasteiger partial charge in [0.2, 0.25) is 0 Å². The Kier molecular flexibility index (Phi) is 3.88. The summed E-state index contributed by atoms with van der Waals surface area (Å²) in [5.41, 5.74) is 9.85. The van der Waals surface area contributed by atoms with Crippen molar-refractivity contribution < 1.29 is 4.74 Å². The molecular formula is C19H17NO. The first-order chi connectivity index (χ1) is 10.3. The van der Waals surface area contributed by atoms with Gasteiger partial charge in [0.1, 0.15) is 12.4 Å². The smallest absolute Gasteiger partial charge is 0.127 e. The zero-order valence-corrected chi connectivity index (χ0v) is 11.7. The maximum atomic E-state index is 5.98. The van der Waals surface area contributed by atoms with Gasteiger partial charge in [0.25, 0.3) is 0 Å². The third-order valence-corrected chi connectivity index (χ3v) is 3.35. The van der Waals surface area contributed by atoms with E-state index < -0.39 is 0 Å². The SMILES string of the molecule is Nc1ccc(-c2ccccc2OCc2ccccc2)cc1. The monoisotopic (exact) mass is 275 g/mol. The number of para-hydroxylation sites is 1. The van der Waals surface area contributed by atoms with Crippen LogP contribution < -0.4 is 10.5 Å². The maximum absolute atomic E-state index is 5.98. The molecule has 0 saturated heterocycles. The quantitative estimate of drug-likeness (QED) is 0.711. The number of rotatable bonds is 4. The minimum absolute atomic E-state index is 0.562. The van der Waals surface area contributed by atoms with Gasteiger partial charge in [-0.15, -0.1) is 0 Å². The number of nitrogen functional groups attached to an aromatic ring is 1. The van der Waals surface area contributed by atoms with Crippen molar-refractivity contribution in [2.75, 3.05) is 5.73 Å². The topological polar surface area (TPSA) is 35.2 Å². The average molecular weight is 275 g/mol. The average Bonchev–Trinajstić information content (AvgIpc) is 2.55. The lowest BCUT2D eigenvalue weighted by Crippen LogP contribution is -1.96. The van der Waals surface area contributed by atoms with Gasteiger partial charge in [0, 0.05) is 11.3 Å². The van der Waals surface area contributed by atoms with Crippen LogP contribution in [0.25, 0.3) is 11.1 Å². The van der Waals surface area contributed by atoms with Crippen molar-refractivity contribution in [3.63, 3.8) is 0 Å². The molecule has 2 nitrogen and oxygen atoms in total. The molecule has 0 atom stereocenters. The molecule has 0 saturated carbocycles. The van der Waals surface area contributed by atoms with Crippen LogP contribution in [0.3, 0.4) is 0 Å². The number of ether oxygens (including phenoxy) is 1. The van der Waals surface area contributed by atoms with Crippen LogP contribution >= 0.6 is 0 Å². The number of nitrogens with two attached hydrogens (primary N) is 1. The van der Waals surface area contributed by atoms with E-state index in [0.29, 0.717) is 6.61 Å². The third kappa shape index (κ3) is 3.23. The Morgan fingerprint density at radius 2 is 1.38 bits per heavy atom. The molecule has 2 N–H and O–H groups in total. The summed E-state index contributed by atoms with van der Waals surface area (Å²) < 4.78 is 5.98. The molecule has 0 spiro atoms. The molecule has 104 valence electrons. The summed E-state index contributed by atoms with van der Waals surface area (Å²) in [5.74, 6) is 0.881. The summed E-state index contributed by atoms with van der Waals surface area (Å²) in [6, 6.07) is 26.1. The summed E-state index contributed by atoms with van der Waals surface area (Å²) in [5, 5.41) is 0. The lowest BCUT2D eigenvalue weighted by molar-refractivity contribution is 0.307. The second-order valence-electron chi connectivity index (χ2n) is 4.89. The summed E-state index contributed by atoms with van der Waals surface area (Å²) >= 11 is 0. The summed E-state index contributed by atoms with van der Waals surface area (Å²) in [4.78, 5) is 0. The molecule has 0 unspecified atom stereocenters. The number of benzene rings is 3. The van der Waals surface area contributed by atoms with E-state index in [4.69, 9.17) is 10.5 Å². The molecule has 0 aliphatic carbocycles. The van der Waals surface area contributed by atoms with E-state index in [2.05, 4.69) is 18.2 Å². The fourth-order valence-electron chi connectivity index (χ4n) is 2.23. The van der Waals surface area contributed by atoms with E-state index in [1.807, 2.05) is 60.7 Å². The second kappa shape index (κ2) is 6.14. The molecule has 0 aliphatic rings. The Bertz CT molecular complexity index is 705. The third-order valence-electron chi connectivity index (χ3n) is 3.35. The van der Waals surface area contributed by atoms with Crippen molar-refractivity contribution in [2.45, 2.75) is 6.61 Å². The maximum Gasteiger partial charge on any atom is 0.127 e. The van der Waals surface area contributed by atoms with Gasteiger partial charge < -0.3 is 10.5 Å². The molecule has 3 rings (SSSR count). The lowest BCUT2D eigenvalue weighted by atomic mass is 10.0. The van der Waals surface area contributed by atoms with Crippen molar-refractivity contribution in [1.29, 1.82) is 0 Å². The van der Waals surface area contributed by atoms with Crippen LogP contribution in [-0.2, 0) is 6.61 Å². The van der Waals surface area contributed by atoms with E-state index >= 15 is 0 Å². The molecule has 0 aliphatic heterocycles. The first-order valence-electron chi connectivity index (χ1n) is 6.94. The van der Waals surface area contributed by atoms with Crippen LogP contribution in [0.2, 0.25) is 0 Å². The molecule has 2 heteroatoms. The minimum atomic E-state index is 0.562. The fourth-order valence-corrected chi connectivity index (χ4v) is 2.23. The van der Waals surface area contributed by atoms with Crippen molar-refractivity contribution in [2.24, 2.45) is 0 Å². The Morgan fingerprint density at radius 3 is 2.14 bits per heavy atom. The highest BCUT2D eigenvalue weighted by molar-refractivity contribution is 5.71. The van der Waals surface area contributed by atoms with Gasteiger partial charge in [-0.05, 0) is 29.3 Å². The number of hydrogen-bond donors (Lipinski definition) is 1. The first-order valence-corrected chi connectivity index (χ1v) is 6.94. The lowest BCUT2D eigenvalue weighted by Gasteiger charge is -2.12. The van der Waals surface area contributed by atoms with Crippen LogP contribution in [0.5, 0.6) is 5.75 Å². The van der Waals surface area contributed by atoms with Crippen LogP contribution in [0.15, 0.2) is 78.9 Å². The van der Waals surface area contributed by atoms with Crippen LogP contribution in [0, 0.1) is 0 Å². The highest BCUT2D eigenvalue weighted by atomic mass is 16.5. The molecule has 0 aromatic heterocycles. The van der Waals surface area contributed by atoms with Gasteiger partial charge in [0.15, 0.2) is 0 Å². The second-order valence-corrected chi connectivity index (χ2v) is 4.89. The number of anilines is 1. The normalized spacial score (nSPS) is 10.3. The largest absolute Gasteiger partial charge is 0.488 e. The molecule has 0 amide bonds. The Morgan fingerprint density at radius 1 is 0.714 bits per heavy atom. The van der Waals surface area contributed by atoms with E-state index in [1.54, 1.807) is 0 Å². The predicted molar refractivity (Wildman–Crippen MR) is 87.1 cm³/mol. The van der Waals surface area contributed by atoms with Crippen molar-refractivity contribution in [1.82, 2.24) is 0 Å². The van der Waals surface area contributed by atoms with Crippen molar-refractivity contribution in [3.8, 4) is 16.9 Å². The zero-order chi connectivity index (χ0) is 14.5. The molecule has 0 heterocycles. The molecule has 3 aromatic rings. The summed E-state index contributed by atoms with van der Waals surface area (Å²) in [7, 11) is 0. The van der Waals surface area contributed by atoms with Crippen molar-refractivity contribution in [3.05, 3.63) is 84.4 Å².